The summed E-state index contributed by atoms with van der Waals surface area (Å²) in [6.07, 6.45) is -2.76. The van der Waals surface area contributed by atoms with Crippen LogP contribution in [0.3, 0.4) is 0 Å². The molecule has 178 valence electrons. The number of halogens is 3. The molecule has 34 heavy (non-hydrogen) atoms. The van der Waals surface area contributed by atoms with Gasteiger partial charge in [0.15, 0.2) is 5.13 Å². The Morgan fingerprint density at radius 1 is 1.21 bits per heavy atom. The van der Waals surface area contributed by atoms with E-state index in [0.717, 1.165) is 29.2 Å². The highest BCUT2D eigenvalue weighted by molar-refractivity contribution is 7.17. The van der Waals surface area contributed by atoms with E-state index in [1.807, 2.05) is 13.0 Å². The molecule has 3 amide bonds. The lowest BCUT2D eigenvalue weighted by molar-refractivity contribution is -0.137. The highest BCUT2D eigenvalue weighted by Gasteiger charge is 2.37. The minimum Gasteiger partial charge on any atom is -0.346 e. The Bertz CT molecular complexity index is 1180. The maximum atomic E-state index is 13.1. The summed E-state index contributed by atoms with van der Waals surface area (Å²) in [4.78, 5) is 37.8. The Morgan fingerprint density at radius 2 is 1.94 bits per heavy atom. The number of aryl methyl sites for hydroxylation is 1. The number of alkyl halides is 3. The quantitative estimate of drug-likeness (QED) is 0.548. The molecule has 0 bridgehead atoms. The zero-order valence-electron chi connectivity index (χ0n) is 18.5. The number of pyridine rings is 1. The number of urea groups is 1. The molecule has 0 unspecified atom stereocenters. The number of benzene rings is 1. The maximum Gasteiger partial charge on any atom is 0.416 e. The van der Waals surface area contributed by atoms with Gasteiger partial charge in [0, 0.05) is 18.8 Å². The van der Waals surface area contributed by atoms with Crippen LogP contribution in [-0.4, -0.2) is 39.4 Å². The van der Waals surface area contributed by atoms with Gasteiger partial charge >= 0.3 is 12.2 Å². The second-order valence-corrected chi connectivity index (χ2v) is 8.96. The maximum absolute atomic E-state index is 13.1. The van der Waals surface area contributed by atoms with E-state index in [1.165, 1.54) is 17.0 Å². The predicted octanol–water partition coefficient (Wildman–Crippen LogP) is 4.63. The zero-order chi connectivity index (χ0) is 24.5. The molecular formula is C23H22F3N5O2S. The van der Waals surface area contributed by atoms with Crippen molar-refractivity contribution in [2.75, 3.05) is 11.4 Å². The zero-order valence-corrected chi connectivity index (χ0v) is 19.3. The summed E-state index contributed by atoms with van der Waals surface area (Å²) in [7, 11) is 0. The van der Waals surface area contributed by atoms with E-state index in [2.05, 4.69) is 15.3 Å². The van der Waals surface area contributed by atoms with Crippen LogP contribution >= 0.6 is 11.3 Å². The molecule has 1 saturated heterocycles. The van der Waals surface area contributed by atoms with Crippen molar-refractivity contribution in [3.63, 3.8) is 0 Å². The highest BCUT2D eigenvalue weighted by atomic mass is 32.1. The molecule has 0 aliphatic carbocycles. The molecule has 7 nitrogen and oxygen atoms in total. The Kier molecular flexibility index (Phi) is 6.56. The number of carbonyl (C=O) groups excluding carboxylic acids is 2. The molecule has 3 heterocycles. The number of nitrogens with one attached hydrogen (secondary N) is 1. The largest absolute Gasteiger partial charge is 0.416 e. The van der Waals surface area contributed by atoms with Gasteiger partial charge in [0.1, 0.15) is 4.88 Å². The SMILES string of the molecule is Cc1nc(N2C[C@@H](C)N(Cc3ccc(C(F)(F)F)cc3)C2=O)sc1C(=O)NCc1ccccn1. The van der Waals surface area contributed by atoms with E-state index in [-0.39, 0.29) is 31.1 Å². The molecule has 0 saturated carbocycles. The van der Waals surface area contributed by atoms with Crippen LogP contribution in [0.1, 0.15) is 39.1 Å². The number of hydrogen-bond donors (Lipinski definition) is 1. The molecule has 3 aromatic rings. The molecule has 1 aliphatic heterocycles. The standard InChI is InChI=1S/C23H22F3N5O2S/c1-14-12-31(22(33)30(14)13-16-6-8-17(9-7-16)23(24,25)26)21-29-15(2)19(34-21)20(32)28-11-18-5-3-4-10-27-18/h3-10,14H,11-13H2,1-2H3,(H,28,32)/t14-/m1/s1. The number of anilines is 1. The number of rotatable bonds is 6. The molecule has 1 atom stereocenters. The third-order valence-electron chi connectivity index (χ3n) is 5.47. The summed E-state index contributed by atoms with van der Waals surface area (Å²) in [6.45, 7) is 4.38. The lowest BCUT2D eigenvalue weighted by atomic mass is 10.1. The third kappa shape index (κ3) is 5.04. The van der Waals surface area contributed by atoms with Gasteiger partial charge in [-0.15, -0.1) is 0 Å². The van der Waals surface area contributed by atoms with Gasteiger partial charge in [0.2, 0.25) is 0 Å². The van der Waals surface area contributed by atoms with Crippen molar-refractivity contribution in [1.29, 1.82) is 0 Å². The van der Waals surface area contributed by atoms with Crippen LogP contribution in [0.15, 0.2) is 48.7 Å². The van der Waals surface area contributed by atoms with Gasteiger partial charge < -0.3 is 10.2 Å². The van der Waals surface area contributed by atoms with Crippen molar-refractivity contribution in [2.45, 2.75) is 39.2 Å². The van der Waals surface area contributed by atoms with Gasteiger partial charge in [-0.25, -0.2) is 9.78 Å². The van der Waals surface area contributed by atoms with Crippen LogP contribution in [-0.2, 0) is 19.3 Å². The van der Waals surface area contributed by atoms with Crippen molar-refractivity contribution in [1.82, 2.24) is 20.2 Å². The van der Waals surface area contributed by atoms with Gasteiger partial charge in [-0.3, -0.25) is 14.7 Å². The van der Waals surface area contributed by atoms with E-state index in [9.17, 15) is 22.8 Å². The summed E-state index contributed by atoms with van der Waals surface area (Å²) in [5, 5.41) is 3.22. The van der Waals surface area contributed by atoms with Gasteiger partial charge in [0.25, 0.3) is 5.91 Å². The van der Waals surface area contributed by atoms with Crippen LogP contribution < -0.4 is 10.2 Å². The first-order chi connectivity index (χ1) is 16.1. The number of hydrogen-bond acceptors (Lipinski definition) is 5. The lowest BCUT2D eigenvalue weighted by Gasteiger charge is -2.20. The van der Waals surface area contributed by atoms with E-state index >= 15 is 0 Å². The Labute approximate surface area is 198 Å². The number of thiazole rings is 1. The first-order valence-corrected chi connectivity index (χ1v) is 11.3. The van der Waals surface area contributed by atoms with Crippen LogP contribution in [0.2, 0.25) is 0 Å². The van der Waals surface area contributed by atoms with Crippen molar-refractivity contribution in [3.05, 3.63) is 76.1 Å². The topological polar surface area (TPSA) is 78.4 Å². The summed E-state index contributed by atoms with van der Waals surface area (Å²) < 4.78 is 38.4. The molecule has 1 fully saturated rings. The first-order valence-electron chi connectivity index (χ1n) is 10.5. The van der Waals surface area contributed by atoms with Crippen LogP contribution in [0, 0.1) is 6.92 Å². The third-order valence-corrected chi connectivity index (χ3v) is 6.65. The van der Waals surface area contributed by atoms with Crippen molar-refractivity contribution < 1.29 is 22.8 Å². The fraction of sp³-hybridized carbons (Fsp3) is 0.304. The number of amides is 3. The van der Waals surface area contributed by atoms with Crippen molar-refractivity contribution >= 4 is 28.4 Å². The van der Waals surface area contributed by atoms with Crippen molar-refractivity contribution in [3.8, 4) is 0 Å². The molecule has 0 spiro atoms. The summed E-state index contributed by atoms with van der Waals surface area (Å²) in [6, 6.07) is 9.73. The minimum atomic E-state index is -4.41. The molecular weight excluding hydrogens is 467 g/mol. The second kappa shape index (κ2) is 9.41. The Hall–Kier alpha value is -3.47. The summed E-state index contributed by atoms with van der Waals surface area (Å²) >= 11 is 1.13. The summed E-state index contributed by atoms with van der Waals surface area (Å²) in [5.41, 5.74) is 1.10. The monoisotopic (exact) mass is 489 g/mol. The van der Waals surface area contributed by atoms with E-state index in [4.69, 9.17) is 0 Å². The van der Waals surface area contributed by atoms with E-state index in [0.29, 0.717) is 27.8 Å². The van der Waals surface area contributed by atoms with Gasteiger partial charge in [-0.2, -0.15) is 13.2 Å². The second-order valence-electron chi connectivity index (χ2n) is 7.98. The van der Waals surface area contributed by atoms with Crippen LogP contribution in [0.25, 0.3) is 0 Å². The van der Waals surface area contributed by atoms with Gasteiger partial charge in [0.05, 0.1) is 30.0 Å². The molecule has 11 heteroatoms. The van der Waals surface area contributed by atoms with E-state index < -0.39 is 11.7 Å². The predicted molar refractivity (Wildman–Crippen MR) is 121 cm³/mol. The molecule has 1 aliphatic rings. The number of carbonyl (C=O) groups is 2. The van der Waals surface area contributed by atoms with Gasteiger partial charge in [-0.05, 0) is 43.7 Å². The first kappa shape index (κ1) is 23.7. The molecule has 4 rings (SSSR count). The highest BCUT2D eigenvalue weighted by Crippen LogP contribution is 2.32. The minimum absolute atomic E-state index is 0.177. The fourth-order valence-corrected chi connectivity index (χ4v) is 4.61. The lowest BCUT2D eigenvalue weighted by Crippen LogP contribution is -2.33. The average Bonchev–Trinajstić information content (AvgIpc) is 3.32. The fourth-order valence-electron chi connectivity index (χ4n) is 3.63. The number of aromatic nitrogens is 2. The van der Waals surface area contributed by atoms with Crippen LogP contribution in [0.4, 0.5) is 23.1 Å². The van der Waals surface area contributed by atoms with Crippen molar-refractivity contribution in [2.24, 2.45) is 0 Å². The van der Waals surface area contributed by atoms with Gasteiger partial charge in [-0.1, -0.05) is 29.5 Å². The Balaban J connectivity index is 1.44. The molecule has 1 aromatic carbocycles. The summed E-state index contributed by atoms with van der Waals surface area (Å²) in [5.74, 6) is -0.298. The normalized spacial score (nSPS) is 16.3. The van der Waals surface area contributed by atoms with E-state index in [1.54, 1.807) is 30.2 Å². The van der Waals surface area contributed by atoms with Crippen LogP contribution in [0.5, 0.6) is 0 Å². The molecule has 2 aromatic heterocycles. The Morgan fingerprint density at radius 3 is 2.59 bits per heavy atom. The number of nitrogens with zero attached hydrogens (tertiary/aromatic N) is 4. The molecule has 0 radical (unpaired) electrons. The molecule has 1 N–H and O–H groups in total. The average molecular weight is 490 g/mol. The smallest absolute Gasteiger partial charge is 0.346 e.